The molecule has 4 rings (SSSR count). The number of ketones is 1. The molecule has 0 amide bonds. The molecular weight excluding hydrogens is 427 g/mol. The number of pyridine rings is 1. The highest BCUT2D eigenvalue weighted by Gasteiger charge is 2.38. The van der Waals surface area contributed by atoms with E-state index in [1.54, 1.807) is 50.7 Å². The molecule has 0 spiro atoms. The van der Waals surface area contributed by atoms with E-state index in [1.807, 2.05) is 12.1 Å². The average Bonchev–Trinajstić information content (AvgIpc) is 2.80. The Morgan fingerprint density at radius 2 is 2.06 bits per heavy atom. The number of carbonyl (C=O) groups excluding carboxylic acids is 1. The van der Waals surface area contributed by atoms with Crippen LogP contribution in [0.5, 0.6) is 5.88 Å². The van der Waals surface area contributed by atoms with E-state index in [9.17, 15) is 13.7 Å². The Morgan fingerprint density at radius 1 is 1.22 bits per heavy atom. The number of anilines is 1. The van der Waals surface area contributed by atoms with Crippen molar-refractivity contribution in [2.24, 2.45) is 0 Å². The van der Waals surface area contributed by atoms with E-state index in [0.717, 1.165) is 5.56 Å². The number of carbonyl (C=O) groups is 1. The van der Waals surface area contributed by atoms with E-state index >= 15 is 0 Å². The summed E-state index contributed by atoms with van der Waals surface area (Å²) in [5.41, 5.74) is 3.08. The van der Waals surface area contributed by atoms with Crippen LogP contribution in [0.15, 0.2) is 65.7 Å². The molecule has 5 nitrogen and oxygen atoms in total. The minimum absolute atomic E-state index is 0.0968. The number of rotatable bonds is 3. The van der Waals surface area contributed by atoms with Crippen molar-refractivity contribution in [2.75, 3.05) is 18.5 Å². The molecule has 0 saturated heterocycles. The number of ether oxygens (including phenoxy) is 1. The van der Waals surface area contributed by atoms with Gasteiger partial charge in [-0.05, 0) is 47.5 Å². The molecule has 7 heteroatoms. The number of nitrogens with zero attached hydrogens (tertiary/aromatic N) is 2. The molecule has 0 aliphatic carbocycles. The van der Waals surface area contributed by atoms with Gasteiger partial charge in [0.1, 0.15) is 17.2 Å². The van der Waals surface area contributed by atoms with Crippen LogP contribution in [0.25, 0.3) is 6.08 Å². The third-order valence-corrected chi connectivity index (χ3v) is 6.29. The molecule has 2 aromatic carbocycles. The highest BCUT2D eigenvalue weighted by molar-refractivity contribution is 7.97. The zero-order valence-corrected chi connectivity index (χ0v) is 18.3. The van der Waals surface area contributed by atoms with Crippen LogP contribution in [-0.4, -0.2) is 29.5 Å². The van der Waals surface area contributed by atoms with E-state index in [4.69, 9.17) is 4.74 Å². The summed E-state index contributed by atoms with van der Waals surface area (Å²) in [6.45, 7) is 0. The van der Waals surface area contributed by atoms with Gasteiger partial charge in [0, 0.05) is 30.3 Å². The molecular formula is C25H19FN2O3S. The highest BCUT2D eigenvalue weighted by Crippen LogP contribution is 2.35. The third kappa shape index (κ3) is 4.52. The van der Waals surface area contributed by atoms with Gasteiger partial charge in [-0.25, -0.2) is 9.37 Å². The highest BCUT2D eigenvalue weighted by atomic mass is 32.2. The second kappa shape index (κ2) is 9.27. The lowest BCUT2D eigenvalue weighted by Crippen LogP contribution is -2.36. The molecule has 0 radical (unpaired) electrons. The van der Waals surface area contributed by atoms with Crippen molar-refractivity contribution in [1.29, 1.82) is 0 Å². The van der Waals surface area contributed by atoms with Gasteiger partial charge in [-0.3, -0.25) is 4.79 Å². The number of Topliss-reactive ketones (excluding diaryl/α,β-unsaturated/α-hetero) is 1. The van der Waals surface area contributed by atoms with Gasteiger partial charge >= 0.3 is 0 Å². The van der Waals surface area contributed by atoms with E-state index in [2.05, 4.69) is 16.8 Å². The van der Waals surface area contributed by atoms with Crippen LogP contribution < -0.4 is 9.04 Å². The first-order chi connectivity index (χ1) is 15.5. The van der Waals surface area contributed by atoms with Crippen molar-refractivity contribution in [3.63, 3.8) is 0 Å². The normalized spacial score (nSPS) is 16.4. The summed E-state index contributed by atoms with van der Waals surface area (Å²) in [5.74, 6) is 5.91. The average molecular weight is 447 g/mol. The SMILES string of the molecule is COc1cc(CC#Cc2ccc3c(c2)C(=O)/C(=C/c2cccc(F)c2)[S+]([O-])N3C)ccn1. The van der Waals surface area contributed by atoms with Crippen LogP contribution in [0, 0.1) is 17.7 Å². The Kier molecular flexibility index (Phi) is 6.26. The van der Waals surface area contributed by atoms with E-state index in [1.165, 1.54) is 22.5 Å². The van der Waals surface area contributed by atoms with E-state index in [-0.39, 0.29) is 10.7 Å². The number of aromatic nitrogens is 1. The van der Waals surface area contributed by atoms with Gasteiger partial charge in [-0.15, -0.1) is 0 Å². The Bertz CT molecular complexity index is 1280. The predicted octanol–water partition coefficient (Wildman–Crippen LogP) is 4.16. The van der Waals surface area contributed by atoms with Crippen molar-refractivity contribution in [3.8, 4) is 17.7 Å². The largest absolute Gasteiger partial charge is 0.588 e. The van der Waals surface area contributed by atoms with Crippen LogP contribution >= 0.6 is 0 Å². The molecule has 1 aromatic heterocycles. The molecule has 1 aliphatic heterocycles. The minimum atomic E-state index is -1.69. The van der Waals surface area contributed by atoms with Crippen molar-refractivity contribution < 1.29 is 18.5 Å². The lowest BCUT2D eigenvalue weighted by atomic mass is 10.0. The Hall–Kier alpha value is -3.60. The molecule has 2 heterocycles. The summed E-state index contributed by atoms with van der Waals surface area (Å²) >= 11 is -1.69. The Labute approximate surface area is 188 Å². The Balaban J connectivity index is 1.63. The second-order valence-electron chi connectivity index (χ2n) is 7.06. The zero-order chi connectivity index (χ0) is 22.7. The Morgan fingerprint density at radius 3 is 2.84 bits per heavy atom. The molecule has 1 aliphatic rings. The smallest absolute Gasteiger partial charge is 0.245 e. The number of methoxy groups -OCH3 is 1. The molecule has 1 atom stereocenters. The molecule has 1 unspecified atom stereocenters. The third-order valence-electron chi connectivity index (χ3n) is 4.92. The van der Waals surface area contributed by atoms with Crippen LogP contribution in [0.4, 0.5) is 10.1 Å². The van der Waals surface area contributed by atoms with Gasteiger partial charge < -0.3 is 9.29 Å². The van der Waals surface area contributed by atoms with Gasteiger partial charge in [0.2, 0.25) is 16.6 Å². The summed E-state index contributed by atoms with van der Waals surface area (Å²) < 4.78 is 33.1. The standard InChI is InChI=1S/C25H19FN2O3S/c1-28-22-10-9-17(5-3-6-18-11-12-27-24(16-18)31-2)14-21(22)25(29)23(32(28)30)15-19-7-4-8-20(26)13-19/h4,7-16H,6H2,1-2H3/b23-15-. The molecule has 32 heavy (non-hydrogen) atoms. The maximum atomic E-state index is 13.5. The molecule has 0 saturated carbocycles. The van der Waals surface area contributed by atoms with Crippen molar-refractivity contribution >= 4 is 28.9 Å². The molecule has 0 bridgehead atoms. The van der Waals surface area contributed by atoms with Crippen LogP contribution in [0.3, 0.4) is 0 Å². The number of halogens is 1. The maximum Gasteiger partial charge on any atom is 0.245 e. The van der Waals surface area contributed by atoms with Gasteiger partial charge in [0.25, 0.3) is 0 Å². The topological polar surface area (TPSA) is 65.5 Å². The van der Waals surface area contributed by atoms with Crippen LogP contribution in [-0.2, 0) is 17.8 Å². The monoisotopic (exact) mass is 446 g/mol. The number of allylic oxidation sites excluding steroid dienone is 1. The van der Waals surface area contributed by atoms with Gasteiger partial charge in [-0.1, -0.05) is 24.0 Å². The summed E-state index contributed by atoms with van der Waals surface area (Å²) in [4.78, 5) is 17.3. The first-order valence-corrected chi connectivity index (χ1v) is 10.9. The number of hydrogen-bond acceptors (Lipinski definition) is 5. The first kappa shape index (κ1) is 21.6. The number of benzene rings is 2. The van der Waals surface area contributed by atoms with Gasteiger partial charge in [0.05, 0.1) is 25.4 Å². The van der Waals surface area contributed by atoms with Crippen LogP contribution in [0.1, 0.15) is 27.0 Å². The summed E-state index contributed by atoms with van der Waals surface area (Å²) in [6, 6.07) is 14.7. The van der Waals surface area contributed by atoms with Crippen LogP contribution in [0.2, 0.25) is 0 Å². The van der Waals surface area contributed by atoms with E-state index in [0.29, 0.717) is 34.7 Å². The van der Waals surface area contributed by atoms with Crippen molar-refractivity contribution in [1.82, 2.24) is 4.98 Å². The fourth-order valence-corrected chi connectivity index (χ4v) is 4.44. The predicted molar refractivity (Wildman–Crippen MR) is 123 cm³/mol. The fourth-order valence-electron chi connectivity index (χ4n) is 3.30. The van der Waals surface area contributed by atoms with E-state index < -0.39 is 17.2 Å². The lowest BCUT2D eigenvalue weighted by Gasteiger charge is -2.29. The quantitative estimate of drug-likeness (QED) is 0.343. The minimum Gasteiger partial charge on any atom is -0.588 e. The van der Waals surface area contributed by atoms with Crippen molar-refractivity contribution in [2.45, 2.75) is 6.42 Å². The molecule has 160 valence electrons. The lowest BCUT2D eigenvalue weighted by molar-refractivity contribution is 0.104. The van der Waals surface area contributed by atoms with Gasteiger partial charge in [-0.2, -0.15) is 4.31 Å². The fraction of sp³-hybridized carbons (Fsp3) is 0.120. The summed E-state index contributed by atoms with van der Waals surface area (Å²) in [7, 11) is 3.21. The number of fused-ring (bicyclic) bond motifs is 1. The zero-order valence-electron chi connectivity index (χ0n) is 17.5. The second-order valence-corrected chi connectivity index (χ2v) is 8.54. The van der Waals surface area contributed by atoms with Gasteiger partial charge in [0.15, 0.2) is 0 Å². The number of hydrogen-bond donors (Lipinski definition) is 0. The molecule has 3 aromatic rings. The molecule has 0 fully saturated rings. The molecule has 0 N–H and O–H groups in total. The first-order valence-electron chi connectivity index (χ1n) is 9.75. The maximum absolute atomic E-state index is 13.5. The summed E-state index contributed by atoms with van der Waals surface area (Å²) in [5, 5.41) is 0. The summed E-state index contributed by atoms with van der Waals surface area (Å²) in [6.07, 6.45) is 3.63. The van der Waals surface area contributed by atoms with Crippen molar-refractivity contribution in [3.05, 3.63) is 93.8 Å².